The van der Waals surface area contributed by atoms with Crippen LogP contribution >= 0.6 is 11.6 Å². The predicted octanol–water partition coefficient (Wildman–Crippen LogP) is 3.00. The van der Waals surface area contributed by atoms with Crippen LogP contribution in [0.4, 0.5) is 5.69 Å². The van der Waals surface area contributed by atoms with Crippen molar-refractivity contribution in [2.24, 2.45) is 0 Å². The lowest BCUT2D eigenvalue weighted by Crippen LogP contribution is -2.42. The Hall–Kier alpha value is -2.82. The van der Waals surface area contributed by atoms with E-state index < -0.39 is 34.5 Å². The molecule has 1 N–H and O–H groups in total. The number of carbonyl (C=O) groups is 2. The Balaban J connectivity index is 1.65. The standard InChI is InChI=1S/C22H25ClN2O7S/c1-14-6-8-15(9-7-14)33(28,29)25-10-4-5-18(25)22(27)32-13-21(26)24-17-12-19(30-2)16(23)11-20(17)31-3/h6-9,11-12,18H,4-5,10,13H2,1-3H3,(H,24,26)/t18-/m0/s1. The lowest BCUT2D eigenvalue weighted by Gasteiger charge is -2.22. The van der Waals surface area contributed by atoms with Gasteiger partial charge in [-0.3, -0.25) is 9.59 Å². The maximum Gasteiger partial charge on any atom is 0.324 e. The molecule has 3 rings (SSSR count). The molecule has 1 atom stereocenters. The molecule has 1 aliphatic heterocycles. The topological polar surface area (TPSA) is 111 Å². The molecule has 1 amide bonds. The van der Waals surface area contributed by atoms with Crippen LogP contribution in [0.15, 0.2) is 41.3 Å². The summed E-state index contributed by atoms with van der Waals surface area (Å²) in [5.74, 6) is -0.782. The summed E-state index contributed by atoms with van der Waals surface area (Å²) >= 11 is 6.05. The summed E-state index contributed by atoms with van der Waals surface area (Å²) in [6, 6.07) is 8.37. The van der Waals surface area contributed by atoms with Gasteiger partial charge in [0.2, 0.25) is 10.0 Å². The van der Waals surface area contributed by atoms with Gasteiger partial charge in [-0.25, -0.2) is 8.42 Å². The Bertz CT molecular complexity index is 1140. The lowest BCUT2D eigenvalue weighted by atomic mass is 10.2. The highest BCUT2D eigenvalue weighted by atomic mass is 35.5. The first kappa shape index (κ1) is 24.8. The first-order chi connectivity index (χ1) is 15.7. The second kappa shape index (κ2) is 10.4. The molecule has 0 aromatic heterocycles. The summed E-state index contributed by atoms with van der Waals surface area (Å²) in [6.07, 6.45) is 0.826. The van der Waals surface area contributed by atoms with Crippen LogP contribution in [0.1, 0.15) is 18.4 Å². The molecule has 0 saturated carbocycles. The third kappa shape index (κ3) is 5.58. The van der Waals surface area contributed by atoms with E-state index >= 15 is 0 Å². The number of nitrogens with one attached hydrogen (secondary N) is 1. The second-order valence-electron chi connectivity index (χ2n) is 7.43. The molecule has 178 valence electrons. The molecule has 0 unspecified atom stereocenters. The van der Waals surface area contributed by atoms with E-state index in [2.05, 4.69) is 5.32 Å². The quantitative estimate of drug-likeness (QED) is 0.559. The van der Waals surface area contributed by atoms with Crippen molar-refractivity contribution < 1.29 is 32.2 Å². The van der Waals surface area contributed by atoms with Gasteiger partial charge in [0.1, 0.15) is 17.5 Å². The highest BCUT2D eigenvalue weighted by Crippen LogP contribution is 2.35. The van der Waals surface area contributed by atoms with Crippen LogP contribution in [0.2, 0.25) is 5.02 Å². The predicted molar refractivity (Wildman–Crippen MR) is 122 cm³/mol. The maximum absolute atomic E-state index is 13.0. The van der Waals surface area contributed by atoms with Crippen molar-refractivity contribution in [3.8, 4) is 11.5 Å². The number of rotatable bonds is 8. The van der Waals surface area contributed by atoms with Crippen molar-refractivity contribution in [3.05, 3.63) is 47.0 Å². The van der Waals surface area contributed by atoms with Gasteiger partial charge in [-0.05, 0) is 31.9 Å². The number of carbonyl (C=O) groups excluding carboxylic acids is 2. The Labute approximate surface area is 197 Å². The molecule has 0 aliphatic carbocycles. The number of anilines is 1. The van der Waals surface area contributed by atoms with Crippen molar-refractivity contribution in [1.82, 2.24) is 4.31 Å². The van der Waals surface area contributed by atoms with Gasteiger partial charge in [-0.2, -0.15) is 4.31 Å². The first-order valence-corrected chi connectivity index (χ1v) is 12.0. The number of aryl methyl sites for hydroxylation is 1. The van der Waals surface area contributed by atoms with Crippen LogP contribution < -0.4 is 14.8 Å². The van der Waals surface area contributed by atoms with Crippen molar-refractivity contribution in [2.45, 2.75) is 30.7 Å². The highest BCUT2D eigenvalue weighted by Gasteiger charge is 2.40. The fourth-order valence-corrected chi connectivity index (χ4v) is 5.36. The average Bonchev–Trinajstić information content (AvgIpc) is 3.29. The van der Waals surface area contributed by atoms with E-state index in [0.717, 1.165) is 9.87 Å². The summed E-state index contributed by atoms with van der Waals surface area (Å²) in [7, 11) is -1.03. The zero-order valence-corrected chi connectivity index (χ0v) is 20.0. The van der Waals surface area contributed by atoms with E-state index in [1.54, 1.807) is 12.1 Å². The normalized spacial score (nSPS) is 16.3. The zero-order valence-electron chi connectivity index (χ0n) is 18.5. The number of halogens is 1. The van der Waals surface area contributed by atoms with E-state index in [9.17, 15) is 18.0 Å². The van der Waals surface area contributed by atoms with Crippen LogP contribution in [-0.4, -0.2) is 58.0 Å². The Kier molecular flexibility index (Phi) is 7.83. The van der Waals surface area contributed by atoms with Crippen LogP contribution in [0.25, 0.3) is 0 Å². The molecule has 1 heterocycles. The maximum atomic E-state index is 13.0. The third-order valence-electron chi connectivity index (χ3n) is 5.20. The SMILES string of the molecule is COc1cc(NC(=O)COC(=O)[C@@H]2CCCN2S(=O)(=O)c2ccc(C)cc2)c(OC)cc1Cl. The fourth-order valence-electron chi connectivity index (χ4n) is 3.49. The number of amides is 1. The van der Waals surface area contributed by atoms with Gasteiger partial charge in [0.15, 0.2) is 6.61 Å². The molecule has 0 spiro atoms. The van der Waals surface area contributed by atoms with Gasteiger partial charge in [0, 0.05) is 18.7 Å². The van der Waals surface area contributed by atoms with Crippen LogP contribution in [-0.2, 0) is 24.3 Å². The first-order valence-electron chi connectivity index (χ1n) is 10.1. The minimum absolute atomic E-state index is 0.106. The highest BCUT2D eigenvalue weighted by molar-refractivity contribution is 7.89. The van der Waals surface area contributed by atoms with Crippen molar-refractivity contribution in [2.75, 3.05) is 32.7 Å². The molecular formula is C22H25ClN2O7S. The molecule has 1 fully saturated rings. The largest absolute Gasteiger partial charge is 0.495 e. The second-order valence-corrected chi connectivity index (χ2v) is 9.73. The number of hydrogen-bond acceptors (Lipinski definition) is 7. The summed E-state index contributed by atoms with van der Waals surface area (Å²) in [4.78, 5) is 25.1. The van der Waals surface area contributed by atoms with Gasteiger partial charge in [0.25, 0.3) is 5.91 Å². The van der Waals surface area contributed by atoms with Crippen LogP contribution in [0.5, 0.6) is 11.5 Å². The van der Waals surface area contributed by atoms with Crippen molar-refractivity contribution >= 4 is 39.2 Å². The molecule has 1 aliphatic rings. The van der Waals surface area contributed by atoms with Gasteiger partial charge in [0.05, 0.1) is 29.8 Å². The molecule has 0 bridgehead atoms. The number of nitrogens with zero attached hydrogens (tertiary/aromatic N) is 1. The van der Waals surface area contributed by atoms with Crippen LogP contribution in [0, 0.1) is 6.92 Å². The number of benzene rings is 2. The molecule has 1 saturated heterocycles. The number of esters is 1. The Morgan fingerprint density at radius 3 is 2.42 bits per heavy atom. The minimum Gasteiger partial charge on any atom is -0.495 e. The number of methoxy groups -OCH3 is 2. The molecule has 2 aromatic rings. The summed E-state index contributed by atoms with van der Waals surface area (Å²) in [6.45, 7) is 1.46. The number of sulfonamides is 1. The molecule has 0 radical (unpaired) electrons. The van der Waals surface area contributed by atoms with Gasteiger partial charge in [-0.15, -0.1) is 0 Å². The smallest absolute Gasteiger partial charge is 0.324 e. The monoisotopic (exact) mass is 496 g/mol. The Morgan fingerprint density at radius 1 is 1.12 bits per heavy atom. The van der Waals surface area contributed by atoms with Gasteiger partial charge >= 0.3 is 5.97 Å². The number of hydrogen-bond donors (Lipinski definition) is 1. The van der Waals surface area contributed by atoms with E-state index in [0.29, 0.717) is 29.4 Å². The van der Waals surface area contributed by atoms with Gasteiger partial charge in [-0.1, -0.05) is 29.3 Å². The lowest BCUT2D eigenvalue weighted by molar-refractivity contribution is -0.150. The van der Waals surface area contributed by atoms with E-state index in [1.165, 1.54) is 38.5 Å². The fraction of sp³-hybridized carbons (Fsp3) is 0.364. The van der Waals surface area contributed by atoms with Gasteiger partial charge < -0.3 is 19.5 Å². The summed E-state index contributed by atoms with van der Waals surface area (Å²) in [5, 5.41) is 2.87. The van der Waals surface area contributed by atoms with E-state index in [4.69, 9.17) is 25.8 Å². The van der Waals surface area contributed by atoms with Crippen molar-refractivity contribution in [1.29, 1.82) is 0 Å². The summed E-state index contributed by atoms with van der Waals surface area (Å²) < 4.78 is 42.6. The average molecular weight is 497 g/mol. The third-order valence-corrected chi connectivity index (χ3v) is 7.41. The molecular weight excluding hydrogens is 472 g/mol. The summed E-state index contributed by atoms with van der Waals surface area (Å²) in [5.41, 5.74) is 1.21. The number of ether oxygens (including phenoxy) is 3. The van der Waals surface area contributed by atoms with E-state index in [1.807, 2.05) is 6.92 Å². The molecule has 9 nitrogen and oxygen atoms in total. The molecule has 2 aromatic carbocycles. The molecule has 11 heteroatoms. The molecule has 33 heavy (non-hydrogen) atoms. The zero-order chi connectivity index (χ0) is 24.2. The van der Waals surface area contributed by atoms with Crippen molar-refractivity contribution in [3.63, 3.8) is 0 Å². The van der Waals surface area contributed by atoms with Crippen LogP contribution in [0.3, 0.4) is 0 Å². The van der Waals surface area contributed by atoms with E-state index in [-0.39, 0.29) is 17.1 Å². The Morgan fingerprint density at radius 2 is 1.79 bits per heavy atom. The minimum atomic E-state index is -3.87.